The van der Waals surface area contributed by atoms with Crippen molar-refractivity contribution >= 4 is 5.97 Å². The molecule has 0 aliphatic carbocycles. The topological polar surface area (TPSA) is 50.2 Å². The summed E-state index contributed by atoms with van der Waals surface area (Å²) in [6.45, 7) is 1.65. The Morgan fingerprint density at radius 1 is 1.75 bits per heavy atom. The van der Waals surface area contributed by atoms with Crippen LogP contribution in [0.25, 0.3) is 0 Å². The summed E-state index contributed by atoms with van der Waals surface area (Å²) in [5.74, 6) is -1.48. The molecule has 1 aromatic heterocycles. The lowest BCUT2D eigenvalue weighted by Crippen LogP contribution is -2.03. The van der Waals surface area contributed by atoms with Crippen LogP contribution in [0.4, 0.5) is 4.39 Å². The van der Waals surface area contributed by atoms with E-state index in [1.807, 2.05) is 0 Å². The second kappa shape index (κ2) is 3.30. The zero-order chi connectivity index (χ0) is 9.14. The molecule has 0 radical (unpaired) electrons. The van der Waals surface area contributed by atoms with Gasteiger partial charge in [0.15, 0.2) is 0 Å². The van der Waals surface area contributed by atoms with Gasteiger partial charge in [-0.1, -0.05) is 0 Å². The highest BCUT2D eigenvalue weighted by molar-refractivity contribution is 5.70. The third-order valence-corrected chi connectivity index (χ3v) is 1.50. The minimum atomic E-state index is -0.981. The first kappa shape index (κ1) is 8.64. The molecule has 0 saturated carbocycles. The van der Waals surface area contributed by atoms with Gasteiger partial charge in [0.1, 0.15) is 5.82 Å². The Morgan fingerprint density at radius 3 is 3.00 bits per heavy atom. The lowest BCUT2D eigenvalue weighted by Gasteiger charge is -2.00. The predicted molar refractivity (Wildman–Crippen MR) is 40.3 cm³/mol. The lowest BCUT2D eigenvalue weighted by molar-refractivity contribution is -0.136. The van der Waals surface area contributed by atoms with Crippen molar-refractivity contribution in [1.82, 2.24) is 4.98 Å². The van der Waals surface area contributed by atoms with Gasteiger partial charge in [-0.2, -0.15) is 0 Å². The molecule has 1 aromatic rings. The fourth-order valence-electron chi connectivity index (χ4n) is 0.891. The number of halogens is 1. The van der Waals surface area contributed by atoms with E-state index in [-0.39, 0.29) is 6.42 Å². The average molecular weight is 169 g/mol. The second-order valence-corrected chi connectivity index (χ2v) is 2.47. The highest BCUT2D eigenvalue weighted by atomic mass is 19.1. The van der Waals surface area contributed by atoms with E-state index in [9.17, 15) is 9.18 Å². The number of carboxylic acid groups (broad SMARTS) is 1. The number of aromatic nitrogens is 1. The molecule has 0 fully saturated rings. The number of aryl methyl sites for hydroxylation is 1. The van der Waals surface area contributed by atoms with Gasteiger partial charge in [0.2, 0.25) is 0 Å². The van der Waals surface area contributed by atoms with Gasteiger partial charge in [0.25, 0.3) is 0 Å². The first-order valence-electron chi connectivity index (χ1n) is 3.42. The van der Waals surface area contributed by atoms with Crippen LogP contribution < -0.4 is 0 Å². The molecule has 3 nitrogen and oxygen atoms in total. The van der Waals surface area contributed by atoms with Crippen molar-refractivity contribution < 1.29 is 14.3 Å². The molecule has 0 aliphatic rings. The van der Waals surface area contributed by atoms with E-state index in [1.54, 1.807) is 6.92 Å². The van der Waals surface area contributed by atoms with Gasteiger partial charge in [-0.15, -0.1) is 0 Å². The van der Waals surface area contributed by atoms with Crippen LogP contribution in [-0.4, -0.2) is 16.1 Å². The number of rotatable bonds is 2. The van der Waals surface area contributed by atoms with Crippen LogP contribution in [0.15, 0.2) is 12.3 Å². The molecule has 1 N–H and O–H groups in total. The van der Waals surface area contributed by atoms with Crippen molar-refractivity contribution in [1.29, 1.82) is 0 Å². The number of hydrogen-bond acceptors (Lipinski definition) is 2. The van der Waals surface area contributed by atoms with Crippen LogP contribution in [0.1, 0.15) is 11.3 Å². The maximum atomic E-state index is 12.5. The van der Waals surface area contributed by atoms with Gasteiger partial charge in [-0.3, -0.25) is 9.78 Å². The SMILES string of the molecule is Cc1ncc(F)cc1CC(=O)O. The Hall–Kier alpha value is -1.45. The van der Waals surface area contributed by atoms with Gasteiger partial charge >= 0.3 is 5.97 Å². The minimum absolute atomic E-state index is 0.184. The number of hydrogen-bond donors (Lipinski definition) is 1. The first-order valence-corrected chi connectivity index (χ1v) is 3.42. The molecular formula is C8H8FNO2. The third-order valence-electron chi connectivity index (χ3n) is 1.50. The second-order valence-electron chi connectivity index (χ2n) is 2.47. The number of aliphatic carboxylic acids is 1. The maximum Gasteiger partial charge on any atom is 0.307 e. The summed E-state index contributed by atoms with van der Waals surface area (Å²) >= 11 is 0. The van der Waals surface area contributed by atoms with E-state index in [4.69, 9.17) is 5.11 Å². The molecule has 0 unspecified atom stereocenters. The number of pyridine rings is 1. The van der Waals surface area contributed by atoms with E-state index in [0.29, 0.717) is 11.3 Å². The van der Waals surface area contributed by atoms with Crippen LogP contribution in [0.2, 0.25) is 0 Å². The van der Waals surface area contributed by atoms with Crippen molar-refractivity contribution in [2.24, 2.45) is 0 Å². The van der Waals surface area contributed by atoms with Gasteiger partial charge in [0, 0.05) is 5.69 Å². The predicted octanol–water partition coefficient (Wildman–Crippen LogP) is 1.16. The molecule has 12 heavy (non-hydrogen) atoms. The number of nitrogens with zero attached hydrogens (tertiary/aromatic N) is 1. The average Bonchev–Trinajstić information content (AvgIpc) is 1.96. The van der Waals surface area contributed by atoms with E-state index < -0.39 is 11.8 Å². The maximum absolute atomic E-state index is 12.5. The number of carbonyl (C=O) groups is 1. The van der Waals surface area contributed by atoms with E-state index in [2.05, 4.69) is 4.98 Å². The number of carboxylic acids is 1. The van der Waals surface area contributed by atoms with Crippen molar-refractivity contribution in [3.8, 4) is 0 Å². The van der Waals surface area contributed by atoms with Crippen molar-refractivity contribution in [2.75, 3.05) is 0 Å². The fourth-order valence-corrected chi connectivity index (χ4v) is 0.891. The van der Waals surface area contributed by atoms with Crippen molar-refractivity contribution in [3.05, 3.63) is 29.3 Å². The summed E-state index contributed by atoms with van der Waals surface area (Å²) < 4.78 is 12.5. The molecule has 0 aliphatic heterocycles. The Labute approximate surface area is 68.9 Å². The molecule has 1 rings (SSSR count). The largest absolute Gasteiger partial charge is 0.481 e. The normalized spacial score (nSPS) is 9.83. The third kappa shape index (κ3) is 2.02. The van der Waals surface area contributed by atoms with Crippen LogP contribution in [-0.2, 0) is 11.2 Å². The molecule has 64 valence electrons. The highest BCUT2D eigenvalue weighted by Crippen LogP contribution is 2.07. The van der Waals surface area contributed by atoms with Gasteiger partial charge in [-0.25, -0.2) is 4.39 Å². The minimum Gasteiger partial charge on any atom is -0.481 e. The molecule has 0 spiro atoms. The Kier molecular flexibility index (Phi) is 2.38. The fraction of sp³-hybridized carbons (Fsp3) is 0.250. The van der Waals surface area contributed by atoms with Crippen LogP contribution in [0.3, 0.4) is 0 Å². The smallest absolute Gasteiger partial charge is 0.307 e. The molecular weight excluding hydrogens is 161 g/mol. The molecule has 0 atom stereocenters. The van der Waals surface area contributed by atoms with Crippen molar-refractivity contribution in [2.45, 2.75) is 13.3 Å². The monoisotopic (exact) mass is 169 g/mol. The quantitative estimate of drug-likeness (QED) is 0.722. The Balaban J connectivity index is 2.97. The summed E-state index contributed by atoms with van der Waals surface area (Å²) in [5.41, 5.74) is 0.973. The van der Waals surface area contributed by atoms with Gasteiger partial charge in [0.05, 0.1) is 12.6 Å². The summed E-state index contributed by atoms with van der Waals surface area (Å²) in [5, 5.41) is 8.43. The standard InChI is InChI=1S/C8H8FNO2/c1-5-6(3-8(11)12)2-7(9)4-10-5/h2,4H,3H2,1H3,(H,11,12). The molecule has 0 bridgehead atoms. The highest BCUT2D eigenvalue weighted by Gasteiger charge is 2.05. The molecule has 0 amide bonds. The van der Waals surface area contributed by atoms with Gasteiger partial charge in [-0.05, 0) is 18.6 Å². The zero-order valence-corrected chi connectivity index (χ0v) is 6.54. The molecule has 1 heterocycles. The van der Waals surface area contributed by atoms with Crippen molar-refractivity contribution in [3.63, 3.8) is 0 Å². The molecule has 0 aromatic carbocycles. The summed E-state index contributed by atoms with van der Waals surface area (Å²) in [6.07, 6.45) is 0.886. The summed E-state index contributed by atoms with van der Waals surface area (Å²) in [7, 11) is 0. The zero-order valence-electron chi connectivity index (χ0n) is 6.54. The Morgan fingerprint density at radius 2 is 2.42 bits per heavy atom. The van der Waals surface area contributed by atoms with Crippen LogP contribution >= 0.6 is 0 Å². The van der Waals surface area contributed by atoms with E-state index >= 15 is 0 Å². The van der Waals surface area contributed by atoms with Gasteiger partial charge < -0.3 is 5.11 Å². The van der Waals surface area contributed by atoms with E-state index in [0.717, 1.165) is 6.20 Å². The van der Waals surface area contributed by atoms with Crippen LogP contribution in [0, 0.1) is 12.7 Å². The summed E-state index contributed by atoms with van der Waals surface area (Å²) in [4.78, 5) is 14.0. The first-order chi connectivity index (χ1) is 5.59. The lowest BCUT2D eigenvalue weighted by atomic mass is 10.1. The molecule has 4 heteroatoms. The summed E-state index contributed by atoms with van der Waals surface area (Å²) in [6, 6.07) is 1.19. The van der Waals surface area contributed by atoms with E-state index in [1.165, 1.54) is 6.07 Å². The molecule has 0 saturated heterocycles. The van der Waals surface area contributed by atoms with Crippen LogP contribution in [0.5, 0.6) is 0 Å². The Bertz CT molecular complexity index is 312.